The molecule has 2 aromatic carbocycles. The van der Waals surface area contributed by atoms with Gasteiger partial charge >= 0.3 is 6.18 Å². The molecule has 0 radical (unpaired) electrons. The first-order valence-corrected chi connectivity index (χ1v) is 12.7. The number of aromatic nitrogens is 4. The van der Waals surface area contributed by atoms with E-state index >= 15 is 0 Å². The largest absolute Gasteiger partial charge is 0.507 e. The lowest BCUT2D eigenvalue weighted by Gasteiger charge is -2.29. The molecule has 0 amide bonds. The zero-order chi connectivity index (χ0) is 26.6. The monoisotopic (exact) mass is 521 g/mol. The summed E-state index contributed by atoms with van der Waals surface area (Å²) in [5.74, 6) is -0.557. The maximum atomic E-state index is 13.7. The standard InChI is InChI=1S/C28H26F3N5O2/c1-3-38-27-24-23(18-9-8-17(14-20(18)32-27)36-11-5-4-6-12-36)22-15(2)34-35-26(22)33-25(24)16-7-10-21(37)19(13-16)28(29,30)31/h7-10,13-14,37H,3-6,11-12H2,1-2H3,(H,33,34,35). The molecule has 0 atom stereocenters. The Labute approximate surface area is 216 Å². The molecule has 4 heterocycles. The van der Waals surface area contributed by atoms with Crippen molar-refractivity contribution in [1.29, 1.82) is 0 Å². The summed E-state index contributed by atoms with van der Waals surface area (Å²) < 4.78 is 47.0. The summed E-state index contributed by atoms with van der Waals surface area (Å²) in [6, 6.07) is 9.48. The number of aromatic amines is 1. The van der Waals surface area contributed by atoms with Crippen LogP contribution in [0.2, 0.25) is 0 Å². The number of anilines is 1. The number of rotatable bonds is 4. The number of nitrogens with one attached hydrogen (secondary N) is 1. The molecule has 0 bridgehead atoms. The number of halogens is 3. The van der Waals surface area contributed by atoms with E-state index in [4.69, 9.17) is 9.72 Å². The molecule has 196 valence electrons. The fourth-order valence-corrected chi connectivity index (χ4v) is 5.38. The number of benzene rings is 2. The maximum Gasteiger partial charge on any atom is 0.419 e. The first-order valence-electron chi connectivity index (χ1n) is 12.7. The quantitative estimate of drug-likeness (QED) is 0.255. The molecule has 1 aliphatic rings. The van der Waals surface area contributed by atoms with Gasteiger partial charge in [-0.15, -0.1) is 0 Å². The van der Waals surface area contributed by atoms with Crippen LogP contribution in [0.4, 0.5) is 18.9 Å². The number of alkyl halides is 3. The zero-order valence-electron chi connectivity index (χ0n) is 21.0. The Morgan fingerprint density at radius 3 is 2.53 bits per heavy atom. The number of hydrogen-bond donors (Lipinski definition) is 2. The number of nitrogens with zero attached hydrogens (tertiary/aromatic N) is 4. The predicted molar refractivity (Wildman–Crippen MR) is 141 cm³/mol. The molecule has 0 saturated carbocycles. The van der Waals surface area contributed by atoms with Crippen LogP contribution in [0.15, 0.2) is 36.4 Å². The minimum Gasteiger partial charge on any atom is -0.507 e. The van der Waals surface area contributed by atoms with Gasteiger partial charge in [0.2, 0.25) is 5.88 Å². The second-order valence-electron chi connectivity index (χ2n) is 9.59. The second kappa shape index (κ2) is 9.04. The van der Waals surface area contributed by atoms with Crippen LogP contribution in [-0.2, 0) is 6.18 Å². The highest BCUT2D eigenvalue weighted by Crippen LogP contribution is 2.44. The molecule has 0 unspecified atom stereocenters. The van der Waals surface area contributed by atoms with E-state index in [9.17, 15) is 18.3 Å². The van der Waals surface area contributed by atoms with Crippen LogP contribution in [0, 0.1) is 6.92 Å². The smallest absolute Gasteiger partial charge is 0.419 e. The van der Waals surface area contributed by atoms with Gasteiger partial charge in [-0.25, -0.2) is 9.97 Å². The topological polar surface area (TPSA) is 87.2 Å². The van der Waals surface area contributed by atoms with Crippen LogP contribution >= 0.6 is 0 Å². The third-order valence-corrected chi connectivity index (χ3v) is 7.15. The lowest BCUT2D eigenvalue weighted by molar-refractivity contribution is -0.138. The highest BCUT2D eigenvalue weighted by atomic mass is 19.4. The van der Waals surface area contributed by atoms with E-state index < -0.39 is 17.5 Å². The van der Waals surface area contributed by atoms with Crippen LogP contribution in [0.25, 0.3) is 44.0 Å². The van der Waals surface area contributed by atoms with Gasteiger partial charge in [-0.2, -0.15) is 18.3 Å². The van der Waals surface area contributed by atoms with Gasteiger partial charge in [0.05, 0.1) is 34.2 Å². The van der Waals surface area contributed by atoms with Gasteiger partial charge in [0.25, 0.3) is 0 Å². The molecule has 7 nitrogen and oxygen atoms in total. The molecule has 38 heavy (non-hydrogen) atoms. The first kappa shape index (κ1) is 24.3. The van der Waals surface area contributed by atoms with Crippen LogP contribution < -0.4 is 9.64 Å². The van der Waals surface area contributed by atoms with Crippen molar-refractivity contribution in [2.75, 3.05) is 24.6 Å². The normalized spacial score (nSPS) is 14.6. The minimum atomic E-state index is -4.73. The van der Waals surface area contributed by atoms with E-state index in [0.717, 1.165) is 71.1 Å². The summed E-state index contributed by atoms with van der Waals surface area (Å²) in [5.41, 5.74) is 2.25. The SMILES string of the molecule is CCOc1nc2cc(N3CCCCC3)ccc2c2c1c(-c1ccc(O)c(C(F)(F)F)c1)nc1n[nH]c(C)c12. The second-order valence-corrected chi connectivity index (χ2v) is 9.59. The Hall–Kier alpha value is -4.08. The number of H-pyrrole nitrogens is 1. The van der Waals surface area contributed by atoms with Gasteiger partial charge in [-0.1, -0.05) is 6.07 Å². The van der Waals surface area contributed by atoms with Crippen LogP contribution in [-0.4, -0.2) is 45.0 Å². The third-order valence-electron chi connectivity index (χ3n) is 7.15. The molecule has 10 heteroatoms. The number of phenols is 1. The Kier molecular flexibility index (Phi) is 5.77. The van der Waals surface area contributed by atoms with Crippen LogP contribution in [0.3, 0.4) is 0 Å². The summed E-state index contributed by atoms with van der Waals surface area (Å²) in [7, 11) is 0. The number of pyridine rings is 2. The zero-order valence-corrected chi connectivity index (χ0v) is 21.0. The van der Waals surface area contributed by atoms with Crippen molar-refractivity contribution in [3.8, 4) is 22.9 Å². The number of ether oxygens (including phenoxy) is 1. The van der Waals surface area contributed by atoms with Crippen LogP contribution in [0.5, 0.6) is 11.6 Å². The lowest BCUT2D eigenvalue weighted by Crippen LogP contribution is -2.29. The van der Waals surface area contributed by atoms with Crippen molar-refractivity contribution in [3.05, 3.63) is 47.7 Å². The fourth-order valence-electron chi connectivity index (χ4n) is 5.38. The van der Waals surface area contributed by atoms with E-state index in [1.807, 2.05) is 26.0 Å². The Morgan fingerprint density at radius 2 is 1.79 bits per heavy atom. The molecule has 0 aliphatic carbocycles. The maximum absolute atomic E-state index is 13.7. The molecule has 5 aromatic rings. The Morgan fingerprint density at radius 1 is 1.00 bits per heavy atom. The lowest BCUT2D eigenvalue weighted by atomic mass is 9.97. The van der Waals surface area contributed by atoms with Gasteiger partial charge in [-0.3, -0.25) is 5.10 Å². The van der Waals surface area contributed by atoms with Crippen molar-refractivity contribution in [1.82, 2.24) is 20.2 Å². The van der Waals surface area contributed by atoms with Gasteiger partial charge in [0, 0.05) is 40.8 Å². The van der Waals surface area contributed by atoms with Gasteiger partial charge < -0.3 is 14.7 Å². The molecule has 1 aliphatic heterocycles. The summed E-state index contributed by atoms with van der Waals surface area (Å²) in [6.07, 6.45) is -1.22. The number of piperidine rings is 1. The van der Waals surface area contributed by atoms with Crippen molar-refractivity contribution >= 4 is 38.4 Å². The average Bonchev–Trinajstić information content (AvgIpc) is 3.28. The highest BCUT2D eigenvalue weighted by molar-refractivity contribution is 6.23. The molecule has 6 rings (SSSR count). The van der Waals surface area contributed by atoms with Crippen molar-refractivity contribution < 1.29 is 23.0 Å². The fraction of sp³-hybridized carbons (Fsp3) is 0.321. The van der Waals surface area contributed by atoms with E-state index in [1.54, 1.807) is 0 Å². The summed E-state index contributed by atoms with van der Waals surface area (Å²) >= 11 is 0. The van der Waals surface area contributed by atoms with E-state index in [1.165, 1.54) is 12.5 Å². The van der Waals surface area contributed by atoms with Crippen LogP contribution in [0.1, 0.15) is 37.4 Å². The van der Waals surface area contributed by atoms with E-state index in [-0.39, 0.29) is 17.1 Å². The summed E-state index contributed by atoms with van der Waals surface area (Å²) in [4.78, 5) is 11.9. The molecule has 1 fully saturated rings. The molecular formula is C28H26F3N5O2. The number of aromatic hydroxyl groups is 1. The summed E-state index contributed by atoms with van der Waals surface area (Å²) in [5, 5.41) is 20.1. The molecular weight excluding hydrogens is 495 g/mol. The Balaban J connectivity index is 1.70. The summed E-state index contributed by atoms with van der Waals surface area (Å²) in [6.45, 7) is 5.99. The number of phenolic OH excluding ortho intramolecular Hbond substituents is 1. The van der Waals surface area contributed by atoms with Gasteiger partial charge in [0.15, 0.2) is 5.65 Å². The first-order chi connectivity index (χ1) is 18.3. The number of aryl methyl sites for hydroxylation is 1. The molecule has 0 spiro atoms. The van der Waals surface area contributed by atoms with E-state index in [0.29, 0.717) is 17.6 Å². The van der Waals surface area contributed by atoms with Crippen molar-refractivity contribution in [2.24, 2.45) is 0 Å². The third kappa shape index (κ3) is 3.95. The number of hydrogen-bond acceptors (Lipinski definition) is 6. The number of fused-ring (bicyclic) bond motifs is 5. The minimum absolute atomic E-state index is 0.176. The van der Waals surface area contributed by atoms with Crippen molar-refractivity contribution in [3.63, 3.8) is 0 Å². The van der Waals surface area contributed by atoms with Gasteiger partial charge in [0.1, 0.15) is 5.75 Å². The Bertz CT molecular complexity index is 1690. The molecule has 3 aromatic heterocycles. The molecule has 2 N–H and O–H groups in total. The highest BCUT2D eigenvalue weighted by Gasteiger charge is 2.34. The average molecular weight is 522 g/mol. The van der Waals surface area contributed by atoms with Gasteiger partial charge in [-0.05, 0) is 63.4 Å². The predicted octanol–water partition coefficient (Wildman–Crippen LogP) is 6.75. The van der Waals surface area contributed by atoms with Crippen molar-refractivity contribution in [2.45, 2.75) is 39.3 Å². The van der Waals surface area contributed by atoms with E-state index in [2.05, 4.69) is 26.1 Å². The molecule has 1 saturated heterocycles.